The molecule has 0 bridgehead atoms. The van der Waals surface area contributed by atoms with E-state index in [-0.39, 0.29) is 5.78 Å². The minimum absolute atomic E-state index is 0.0353. The number of methoxy groups -OCH3 is 1. The third kappa shape index (κ3) is 2.91. The van der Waals surface area contributed by atoms with E-state index in [2.05, 4.69) is 18.2 Å². The van der Waals surface area contributed by atoms with Crippen molar-refractivity contribution in [3.8, 4) is 5.75 Å². The van der Waals surface area contributed by atoms with Crippen LogP contribution in [0, 0.1) is 0 Å². The fourth-order valence-electron chi connectivity index (χ4n) is 2.43. The zero-order valence-corrected chi connectivity index (χ0v) is 12.3. The van der Waals surface area contributed by atoms with Crippen molar-refractivity contribution in [1.29, 1.82) is 0 Å². The van der Waals surface area contributed by atoms with Crippen LogP contribution in [0.25, 0.3) is 16.8 Å². The Balaban J connectivity index is 1.90. The number of allylic oxidation sites excluding steroid dienone is 1. The summed E-state index contributed by atoms with van der Waals surface area (Å²) in [5.74, 6) is 0.649. The Morgan fingerprint density at radius 3 is 2.59 bits per heavy atom. The van der Waals surface area contributed by atoms with Crippen LogP contribution in [-0.2, 0) is 0 Å². The van der Waals surface area contributed by atoms with Crippen LogP contribution in [0.4, 0.5) is 0 Å². The lowest BCUT2D eigenvalue weighted by Crippen LogP contribution is -1.95. The molecule has 0 fully saturated rings. The zero-order valence-electron chi connectivity index (χ0n) is 12.3. The van der Waals surface area contributed by atoms with E-state index in [4.69, 9.17) is 4.74 Å². The smallest absolute Gasteiger partial charge is 0.185 e. The van der Waals surface area contributed by atoms with Gasteiger partial charge in [-0.1, -0.05) is 60.7 Å². The van der Waals surface area contributed by atoms with Crippen molar-refractivity contribution in [2.24, 2.45) is 0 Å². The summed E-state index contributed by atoms with van der Waals surface area (Å²) in [6.45, 7) is 0. The SMILES string of the molecule is COc1cccc(C(=O)C=Cc2cccc3ccccc23)c1. The molecule has 0 spiro atoms. The molecule has 2 heteroatoms. The number of ether oxygens (including phenoxy) is 1. The Bertz CT molecular complexity index is 842. The Labute approximate surface area is 129 Å². The number of fused-ring (bicyclic) bond motifs is 1. The van der Waals surface area contributed by atoms with Gasteiger partial charge in [0.2, 0.25) is 0 Å². The fourth-order valence-corrected chi connectivity index (χ4v) is 2.43. The molecule has 0 saturated carbocycles. The number of ketones is 1. The van der Waals surface area contributed by atoms with Crippen LogP contribution in [0.15, 0.2) is 72.8 Å². The van der Waals surface area contributed by atoms with Crippen molar-refractivity contribution in [2.45, 2.75) is 0 Å². The first-order valence-corrected chi connectivity index (χ1v) is 7.12. The summed E-state index contributed by atoms with van der Waals surface area (Å²) in [4.78, 5) is 12.3. The number of benzene rings is 3. The van der Waals surface area contributed by atoms with Crippen LogP contribution in [0.2, 0.25) is 0 Å². The van der Waals surface area contributed by atoms with Gasteiger partial charge in [0.15, 0.2) is 5.78 Å². The predicted octanol–water partition coefficient (Wildman–Crippen LogP) is 4.74. The van der Waals surface area contributed by atoms with Crippen molar-refractivity contribution < 1.29 is 9.53 Å². The molecule has 0 atom stereocenters. The summed E-state index contributed by atoms with van der Waals surface area (Å²) in [6.07, 6.45) is 3.47. The van der Waals surface area contributed by atoms with Gasteiger partial charge in [0.25, 0.3) is 0 Å². The second-order valence-electron chi connectivity index (χ2n) is 5.00. The fraction of sp³-hybridized carbons (Fsp3) is 0.0500. The van der Waals surface area contributed by atoms with Gasteiger partial charge in [-0.2, -0.15) is 0 Å². The molecule has 22 heavy (non-hydrogen) atoms. The molecule has 108 valence electrons. The Morgan fingerprint density at radius 1 is 0.955 bits per heavy atom. The van der Waals surface area contributed by atoms with Gasteiger partial charge in [-0.3, -0.25) is 4.79 Å². The second kappa shape index (κ2) is 6.27. The van der Waals surface area contributed by atoms with E-state index in [9.17, 15) is 4.79 Å². The van der Waals surface area contributed by atoms with Crippen molar-refractivity contribution in [3.05, 3.63) is 83.9 Å². The molecule has 3 rings (SSSR count). The second-order valence-corrected chi connectivity index (χ2v) is 5.00. The van der Waals surface area contributed by atoms with Crippen LogP contribution in [0.1, 0.15) is 15.9 Å². The standard InChI is InChI=1S/C20H16O2/c1-22-18-10-5-9-17(14-18)20(21)13-12-16-8-4-7-15-6-2-3-11-19(15)16/h2-14H,1H3. The van der Waals surface area contributed by atoms with Gasteiger partial charge in [0.05, 0.1) is 7.11 Å². The molecule has 2 nitrogen and oxygen atoms in total. The van der Waals surface area contributed by atoms with Crippen LogP contribution in [0.3, 0.4) is 0 Å². The van der Waals surface area contributed by atoms with Gasteiger partial charge >= 0.3 is 0 Å². The quantitative estimate of drug-likeness (QED) is 0.512. The molecular formula is C20H16O2. The Kier molecular flexibility index (Phi) is 4.01. The lowest BCUT2D eigenvalue weighted by Gasteiger charge is -2.02. The minimum Gasteiger partial charge on any atom is -0.497 e. The maximum atomic E-state index is 12.3. The van der Waals surface area contributed by atoms with Crippen LogP contribution < -0.4 is 4.74 Å². The summed E-state index contributed by atoms with van der Waals surface area (Å²) in [5.41, 5.74) is 1.66. The lowest BCUT2D eigenvalue weighted by molar-refractivity contribution is 0.104. The largest absolute Gasteiger partial charge is 0.497 e. The zero-order chi connectivity index (χ0) is 15.4. The Morgan fingerprint density at radius 2 is 1.73 bits per heavy atom. The molecular weight excluding hydrogens is 272 g/mol. The number of carbonyl (C=O) groups excluding carboxylic acids is 1. The van der Waals surface area contributed by atoms with E-state index >= 15 is 0 Å². The topological polar surface area (TPSA) is 26.3 Å². The van der Waals surface area contributed by atoms with Crippen molar-refractivity contribution in [3.63, 3.8) is 0 Å². The monoisotopic (exact) mass is 288 g/mol. The first-order valence-electron chi connectivity index (χ1n) is 7.12. The highest BCUT2D eigenvalue weighted by Gasteiger charge is 2.03. The molecule has 0 aliphatic heterocycles. The lowest BCUT2D eigenvalue weighted by atomic mass is 10.0. The number of hydrogen-bond acceptors (Lipinski definition) is 2. The van der Waals surface area contributed by atoms with Crippen LogP contribution in [-0.4, -0.2) is 12.9 Å². The molecule has 0 unspecified atom stereocenters. The normalized spacial score (nSPS) is 11.0. The van der Waals surface area contributed by atoms with E-state index in [0.29, 0.717) is 11.3 Å². The third-order valence-electron chi connectivity index (χ3n) is 3.59. The highest BCUT2D eigenvalue weighted by molar-refractivity contribution is 6.08. The molecule has 0 radical (unpaired) electrons. The molecule has 3 aromatic rings. The van der Waals surface area contributed by atoms with Gasteiger partial charge in [-0.25, -0.2) is 0 Å². The van der Waals surface area contributed by atoms with Crippen LogP contribution >= 0.6 is 0 Å². The van der Waals surface area contributed by atoms with Crippen molar-refractivity contribution in [2.75, 3.05) is 7.11 Å². The van der Waals surface area contributed by atoms with Gasteiger partial charge in [-0.15, -0.1) is 0 Å². The van der Waals surface area contributed by atoms with E-state index in [0.717, 1.165) is 10.9 Å². The molecule has 0 aliphatic rings. The molecule has 0 saturated heterocycles. The van der Waals surface area contributed by atoms with Crippen molar-refractivity contribution >= 4 is 22.6 Å². The highest BCUT2D eigenvalue weighted by atomic mass is 16.5. The van der Waals surface area contributed by atoms with Crippen LogP contribution in [0.5, 0.6) is 5.75 Å². The number of hydrogen-bond donors (Lipinski definition) is 0. The third-order valence-corrected chi connectivity index (χ3v) is 3.59. The summed E-state index contributed by atoms with van der Waals surface area (Å²) in [7, 11) is 1.59. The maximum Gasteiger partial charge on any atom is 0.185 e. The first kappa shape index (κ1) is 14.1. The molecule has 0 amide bonds. The van der Waals surface area contributed by atoms with E-state index < -0.39 is 0 Å². The number of rotatable bonds is 4. The molecule has 0 N–H and O–H groups in total. The summed E-state index contributed by atoms with van der Waals surface area (Å²) < 4.78 is 5.15. The average Bonchev–Trinajstić information content (AvgIpc) is 2.59. The predicted molar refractivity (Wildman–Crippen MR) is 90.3 cm³/mol. The van der Waals surface area contributed by atoms with Crippen molar-refractivity contribution in [1.82, 2.24) is 0 Å². The molecule has 0 aliphatic carbocycles. The average molecular weight is 288 g/mol. The van der Waals surface area contributed by atoms with E-state index in [1.165, 1.54) is 5.39 Å². The Hall–Kier alpha value is -2.87. The first-order chi connectivity index (χ1) is 10.8. The maximum absolute atomic E-state index is 12.3. The van der Waals surface area contributed by atoms with E-state index in [1.807, 2.05) is 42.5 Å². The minimum atomic E-state index is -0.0353. The van der Waals surface area contributed by atoms with Gasteiger partial charge < -0.3 is 4.74 Å². The summed E-state index contributed by atoms with van der Waals surface area (Å²) >= 11 is 0. The van der Waals surface area contributed by atoms with Gasteiger partial charge in [-0.05, 0) is 34.5 Å². The van der Waals surface area contributed by atoms with Gasteiger partial charge in [0, 0.05) is 5.56 Å². The van der Waals surface area contributed by atoms with Gasteiger partial charge in [0.1, 0.15) is 5.75 Å². The molecule has 3 aromatic carbocycles. The molecule has 0 heterocycles. The molecule has 0 aromatic heterocycles. The number of carbonyl (C=O) groups is 1. The van der Waals surface area contributed by atoms with E-state index in [1.54, 1.807) is 25.3 Å². The summed E-state index contributed by atoms with van der Waals surface area (Å²) in [6, 6.07) is 21.4. The highest BCUT2D eigenvalue weighted by Crippen LogP contribution is 2.20. The summed E-state index contributed by atoms with van der Waals surface area (Å²) in [5, 5.41) is 2.30.